The van der Waals surface area contributed by atoms with Crippen LogP contribution in [-0.2, 0) is 4.79 Å². The first kappa shape index (κ1) is 16.6. The van der Waals surface area contributed by atoms with Gasteiger partial charge in [0.15, 0.2) is 5.78 Å². The Hall–Kier alpha value is -2.25. The molecule has 124 valence electrons. The molecule has 2 aromatic rings. The van der Waals surface area contributed by atoms with E-state index in [1.165, 1.54) is 29.2 Å². The van der Waals surface area contributed by atoms with Crippen LogP contribution in [0.4, 0.5) is 14.9 Å². The highest BCUT2D eigenvalue weighted by atomic mass is 35.5. The van der Waals surface area contributed by atoms with Crippen molar-refractivity contribution in [2.24, 2.45) is 0 Å². The zero-order chi connectivity index (χ0) is 17.4. The van der Waals surface area contributed by atoms with Crippen LogP contribution < -0.4 is 4.90 Å². The molecule has 0 N–H and O–H groups in total. The molecule has 0 bridgehead atoms. The van der Waals surface area contributed by atoms with E-state index in [2.05, 4.69) is 0 Å². The standard InChI is InChI=1S/C16H12ClFN2O3S/c1-9-15(22)19(8-12(21)13-6-7-14(17)24-13)16(23)20(9)11-4-2-10(18)3-5-11/h2-7,9H,8H2,1H3/t9-/m1/s1. The molecule has 5 nitrogen and oxygen atoms in total. The van der Waals surface area contributed by atoms with Crippen molar-refractivity contribution in [2.45, 2.75) is 13.0 Å². The van der Waals surface area contributed by atoms with Gasteiger partial charge in [0, 0.05) is 5.69 Å². The summed E-state index contributed by atoms with van der Waals surface area (Å²) in [6.07, 6.45) is 0. The number of hydrogen-bond donors (Lipinski definition) is 0. The third-order valence-corrected chi connectivity index (χ3v) is 4.97. The average molecular weight is 367 g/mol. The Morgan fingerprint density at radius 1 is 1.21 bits per heavy atom. The number of carbonyl (C=O) groups is 3. The van der Waals surface area contributed by atoms with Crippen molar-refractivity contribution < 1.29 is 18.8 Å². The highest BCUT2D eigenvalue weighted by molar-refractivity contribution is 7.18. The zero-order valence-corrected chi connectivity index (χ0v) is 14.1. The minimum atomic E-state index is -0.761. The van der Waals surface area contributed by atoms with E-state index in [0.29, 0.717) is 14.9 Å². The van der Waals surface area contributed by atoms with Crippen LogP contribution in [0.5, 0.6) is 0 Å². The monoisotopic (exact) mass is 366 g/mol. The number of thiophene rings is 1. The van der Waals surface area contributed by atoms with Gasteiger partial charge in [-0.25, -0.2) is 9.18 Å². The number of urea groups is 1. The lowest BCUT2D eigenvalue weighted by Gasteiger charge is -2.19. The summed E-state index contributed by atoms with van der Waals surface area (Å²) in [5, 5.41) is 0. The molecule has 0 spiro atoms. The predicted octanol–water partition coefficient (Wildman–Crippen LogP) is 3.58. The van der Waals surface area contributed by atoms with Crippen molar-refractivity contribution >= 4 is 46.3 Å². The lowest BCUT2D eigenvalue weighted by molar-refractivity contribution is -0.126. The van der Waals surface area contributed by atoms with Gasteiger partial charge in [-0.3, -0.25) is 19.4 Å². The Kier molecular flexibility index (Phi) is 4.38. The maximum atomic E-state index is 13.0. The molecule has 0 unspecified atom stereocenters. The fraction of sp³-hybridized carbons (Fsp3) is 0.188. The summed E-state index contributed by atoms with van der Waals surface area (Å²) in [6, 6.07) is 7.03. The molecule has 1 saturated heterocycles. The SMILES string of the molecule is C[C@@H]1C(=O)N(CC(=O)c2ccc(Cl)s2)C(=O)N1c1ccc(F)cc1. The molecule has 2 heterocycles. The second kappa shape index (κ2) is 6.33. The number of hydrogen-bond acceptors (Lipinski definition) is 4. The van der Waals surface area contributed by atoms with Crippen LogP contribution in [0.25, 0.3) is 0 Å². The maximum absolute atomic E-state index is 13.0. The van der Waals surface area contributed by atoms with E-state index in [4.69, 9.17) is 11.6 Å². The Bertz CT molecular complexity index is 821. The highest BCUT2D eigenvalue weighted by Gasteiger charge is 2.44. The number of carbonyl (C=O) groups excluding carboxylic acids is 3. The van der Waals surface area contributed by atoms with Crippen LogP contribution in [0.1, 0.15) is 16.6 Å². The number of amides is 3. The molecule has 1 aromatic carbocycles. The van der Waals surface area contributed by atoms with Crippen LogP contribution in [-0.4, -0.2) is 35.2 Å². The van der Waals surface area contributed by atoms with Gasteiger partial charge in [0.1, 0.15) is 11.9 Å². The van der Waals surface area contributed by atoms with Crippen molar-refractivity contribution in [3.05, 3.63) is 51.4 Å². The van der Waals surface area contributed by atoms with Gasteiger partial charge in [0.05, 0.1) is 15.8 Å². The summed E-state index contributed by atoms with van der Waals surface area (Å²) < 4.78 is 13.5. The van der Waals surface area contributed by atoms with E-state index < -0.39 is 23.8 Å². The van der Waals surface area contributed by atoms with E-state index in [0.717, 1.165) is 16.2 Å². The Balaban J connectivity index is 1.82. The van der Waals surface area contributed by atoms with E-state index in [1.54, 1.807) is 19.1 Å². The van der Waals surface area contributed by atoms with Crippen molar-refractivity contribution in [1.29, 1.82) is 0 Å². The third-order valence-electron chi connectivity index (χ3n) is 3.70. The number of rotatable bonds is 4. The number of Topliss-reactive ketones (excluding diaryl/α,β-unsaturated/α-hetero) is 1. The molecule has 3 rings (SSSR count). The van der Waals surface area contributed by atoms with Crippen LogP contribution in [0, 0.1) is 5.82 Å². The predicted molar refractivity (Wildman–Crippen MR) is 89.1 cm³/mol. The lowest BCUT2D eigenvalue weighted by atomic mass is 10.2. The molecule has 8 heteroatoms. The van der Waals surface area contributed by atoms with Crippen LogP contribution in [0.2, 0.25) is 4.34 Å². The molecule has 0 saturated carbocycles. The summed E-state index contributed by atoms with van der Waals surface area (Å²) >= 11 is 6.89. The quantitative estimate of drug-likeness (QED) is 0.614. The molecule has 1 atom stereocenters. The molecule has 1 aliphatic heterocycles. The summed E-state index contributed by atoms with van der Waals surface area (Å²) in [5.74, 6) is -1.27. The van der Waals surface area contributed by atoms with Gasteiger partial charge in [-0.2, -0.15) is 0 Å². The van der Waals surface area contributed by atoms with Gasteiger partial charge in [0.25, 0.3) is 5.91 Å². The number of imide groups is 1. The van der Waals surface area contributed by atoms with Gasteiger partial charge in [-0.05, 0) is 43.3 Å². The van der Waals surface area contributed by atoms with E-state index in [-0.39, 0.29) is 12.3 Å². The summed E-state index contributed by atoms with van der Waals surface area (Å²) in [4.78, 5) is 39.7. The summed E-state index contributed by atoms with van der Waals surface area (Å²) in [6.45, 7) is 1.21. The molecule has 0 aliphatic carbocycles. The lowest BCUT2D eigenvalue weighted by Crippen LogP contribution is -2.36. The molecule has 24 heavy (non-hydrogen) atoms. The third kappa shape index (κ3) is 2.92. The second-order valence-electron chi connectivity index (χ2n) is 5.26. The van der Waals surface area contributed by atoms with Gasteiger partial charge >= 0.3 is 6.03 Å². The molecule has 0 radical (unpaired) electrons. The first-order valence-electron chi connectivity index (χ1n) is 7.07. The van der Waals surface area contributed by atoms with Crippen LogP contribution in [0.3, 0.4) is 0 Å². The smallest absolute Gasteiger partial charge is 0.291 e. The van der Waals surface area contributed by atoms with Crippen molar-refractivity contribution in [3.63, 3.8) is 0 Å². The van der Waals surface area contributed by atoms with Gasteiger partial charge in [-0.1, -0.05) is 11.6 Å². The number of benzene rings is 1. The fourth-order valence-corrected chi connectivity index (χ4v) is 3.47. The second-order valence-corrected chi connectivity index (χ2v) is 6.97. The zero-order valence-electron chi connectivity index (χ0n) is 12.5. The molecule has 3 amide bonds. The number of halogens is 2. The first-order valence-corrected chi connectivity index (χ1v) is 8.26. The molecule has 1 aliphatic rings. The largest absolute Gasteiger partial charge is 0.332 e. The van der Waals surface area contributed by atoms with Gasteiger partial charge < -0.3 is 0 Å². The first-order chi connectivity index (χ1) is 11.4. The fourth-order valence-electron chi connectivity index (χ4n) is 2.49. The molecule has 1 aromatic heterocycles. The number of ketones is 1. The van der Waals surface area contributed by atoms with E-state index in [9.17, 15) is 18.8 Å². The van der Waals surface area contributed by atoms with E-state index in [1.807, 2.05) is 0 Å². The van der Waals surface area contributed by atoms with Crippen molar-refractivity contribution in [3.8, 4) is 0 Å². The van der Waals surface area contributed by atoms with Crippen molar-refractivity contribution in [1.82, 2.24) is 4.90 Å². The molecular weight excluding hydrogens is 355 g/mol. The average Bonchev–Trinajstić information content (AvgIpc) is 3.07. The maximum Gasteiger partial charge on any atom is 0.332 e. The summed E-state index contributed by atoms with van der Waals surface area (Å²) in [7, 11) is 0. The number of anilines is 1. The highest BCUT2D eigenvalue weighted by Crippen LogP contribution is 2.27. The van der Waals surface area contributed by atoms with Crippen LogP contribution >= 0.6 is 22.9 Å². The normalized spacial score (nSPS) is 17.7. The molecular formula is C16H12ClFN2O3S. The van der Waals surface area contributed by atoms with Crippen molar-refractivity contribution in [2.75, 3.05) is 11.4 Å². The van der Waals surface area contributed by atoms with Gasteiger partial charge in [0.2, 0.25) is 0 Å². The van der Waals surface area contributed by atoms with Crippen LogP contribution in [0.15, 0.2) is 36.4 Å². The van der Waals surface area contributed by atoms with E-state index >= 15 is 0 Å². The topological polar surface area (TPSA) is 57.7 Å². The number of nitrogens with zero attached hydrogens (tertiary/aromatic N) is 2. The molecule has 1 fully saturated rings. The minimum absolute atomic E-state index is 0.351. The van der Waals surface area contributed by atoms with Gasteiger partial charge in [-0.15, -0.1) is 11.3 Å². The Morgan fingerprint density at radius 2 is 1.88 bits per heavy atom. The Labute approximate surface area is 146 Å². The summed E-state index contributed by atoms with van der Waals surface area (Å²) in [5.41, 5.74) is 0.399. The Morgan fingerprint density at radius 3 is 2.46 bits per heavy atom. The minimum Gasteiger partial charge on any atom is -0.291 e.